The standard InChI is InChI=1S/C5H12O7S/c1-2-11-5(7,3-6)4-12-13(8,9)10/h6-7H,2-4H2,1H3,(H,8,9,10). The van der Waals surface area contributed by atoms with Crippen molar-refractivity contribution in [2.24, 2.45) is 0 Å². The molecule has 0 aliphatic heterocycles. The van der Waals surface area contributed by atoms with Crippen molar-refractivity contribution < 1.29 is 32.1 Å². The predicted octanol–water partition coefficient (Wildman–Crippen LogP) is -1.48. The zero-order valence-corrected chi connectivity index (χ0v) is 7.82. The Bertz CT molecular complexity index is 235. The van der Waals surface area contributed by atoms with Crippen LogP contribution < -0.4 is 0 Å². The van der Waals surface area contributed by atoms with E-state index in [0.29, 0.717) is 0 Å². The van der Waals surface area contributed by atoms with E-state index in [1.807, 2.05) is 0 Å². The fourth-order valence-corrected chi connectivity index (χ4v) is 0.901. The van der Waals surface area contributed by atoms with Crippen molar-refractivity contribution in [2.75, 3.05) is 19.8 Å². The van der Waals surface area contributed by atoms with Gasteiger partial charge < -0.3 is 14.9 Å². The van der Waals surface area contributed by atoms with E-state index in [2.05, 4.69) is 8.92 Å². The van der Waals surface area contributed by atoms with Gasteiger partial charge >= 0.3 is 10.4 Å². The summed E-state index contributed by atoms with van der Waals surface area (Å²) in [7, 11) is -4.64. The molecule has 13 heavy (non-hydrogen) atoms. The maximum Gasteiger partial charge on any atom is 0.397 e. The maximum absolute atomic E-state index is 10.1. The normalized spacial score (nSPS) is 16.9. The topological polar surface area (TPSA) is 113 Å². The zero-order chi connectivity index (χ0) is 10.5. The lowest BCUT2D eigenvalue weighted by Crippen LogP contribution is -2.42. The van der Waals surface area contributed by atoms with Gasteiger partial charge in [-0.25, -0.2) is 4.18 Å². The molecule has 7 nitrogen and oxygen atoms in total. The molecule has 0 amide bonds. The zero-order valence-electron chi connectivity index (χ0n) is 7.00. The van der Waals surface area contributed by atoms with Gasteiger partial charge in [-0.05, 0) is 6.92 Å². The molecule has 0 aromatic rings. The van der Waals surface area contributed by atoms with Crippen molar-refractivity contribution in [2.45, 2.75) is 12.7 Å². The van der Waals surface area contributed by atoms with E-state index in [-0.39, 0.29) is 6.61 Å². The highest BCUT2D eigenvalue weighted by Gasteiger charge is 2.29. The average molecular weight is 216 g/mol. The largest absolute Gasteiger partial charge is 0.397 e. The fraction of sp³-hybridized carbons (Fsp3) is 1.00. The van der Waals surface area contributed by atoms with E-state index >= 15 is 0 Å². The molecule has 0 aliphatic rings. The number of ether oxygens (including phenoxy) is 1. The molecule has 0 aromatic heterocycles. The number of rotatable bonds is 6. The molecule has 0 bridgehead atoms. The summed E-state index contributed by atoms with van der Waals surface area (Å²) in [5.41, 5.74) is 0. The van der Waals surface area contributed by atoms with Crippen LogP contribution in [0.2, 0.25) is 0 Å². The summed E-state index contributed by atoms with van der Waals surface area (Å²) in [6.07, 6.45) is 0. The monoisotopic (exact) mass is 216 g/mol. The number of hydrogen-bond donors (Lipinski definition) is 3. The van der Waals surface area contributed by atoms with Crippen LogP contribution in [-0.2, 0) is 19.3 Å². The number of aliphatic hydroxyl groups excluding tert-OH is 1. The molecule has 3 N–H and O–H groups in total. The van der Waals surface area contributed by atoms with Gasteiger partial charge in [0, 0.05) is 6.61 Å². The Morgan fingerprint density at radius 1 is 1.46 bits per heavy atom. The van der Waals surface area contributed by atoms with Crippen LogP contribution in [0.5, 0.6) is 0 Å². The Morgan fingerprint density at radius 2 is 2.00 bits per heavy atom. The van der Waals surface area contributed by atoms with Crippen LogP contribution in [-0.4, -0.2) is 48.8 Å². The second-order valence-corrected chi connectivity index (χ2v) is 3.32. The molecule has 1 unspecified atom stereocenters. The molecule has 0 saturated carbocycles. The molecule has 1 atom stereocenters. The minimum atomic E-state index is -4.64. The van der Waals surface area contributed by atoms with Crippen LogP contribution in [0.25, 0.3) is 0 Å². The quantitative estimate of drug-likeness (QED) is 0.366. The summed E-state index contributed by atoms with van der Waals surface area (Å²) >= 11 is 0. The first kappa shape index (κ1) is 12.8. The van der Waals surface area contributed by atoms with Gasteiger partial charge in [-0.15, -0.1) is 0 Å². The van der Waals surface area contributed by atoms with Crippen LogP contribution in [0, 0.1) is 0 Å². The van der Waals surface area contributed by atoms with Gasteiger partial charge in [-0.2, -0.15) is 8.42 Å². The predicted molar refractivity (Wildman–Crippen MR) is 41.2 cm³/mol. The van der Waals surface area contributed by atoms with Crippen molar-refractivity contribution in [3.8, 4) is 0 Å². The van der Waals surface area contributed by atoms with E-state index in [1.165, 1.54) is 6.92 Å². The Morgan fingerprint density at radius 3 is 2.31 bits per heavy atom. The van der Waals surface area contributed by atoms with Crippen molar-refractivity contribution in [3.63, 3.8) is 0 Å². The van der Waals surface area contributed by atoms with Crippen LogP contribution >= 0.6 is 0 Å². The van der Waals surface area contributed by atoms with Crippen molar-refractivity contribution in [1.82, 2.24) is 0 Å². The fourth-order valence-electron chi connectivity index (χ4n) is 0.568. The Hall–Kier alpha value is -0.250. The Kier molecular flexibility index (Phi) is 4.75. The molecule has 80 valence electrons. The molecule has 0 radical (unpaired) electrons. The van der Waals surface area contributed by atoms with Gasteiger partial charge in [0.25, 0.3) is 0 Å². The van der Waals surface area contributed by atoms with Crippen molar-refractivity contribution in [1.29, 1.82) is 0 Å². The first-order valence-corrected chi connectivity index (χ1v) is 4.78. The molecule has 0 aromatic carbocycles. The molecule has 0 rings (SSSR count). The van der Waals surface area contributed by atoms with Crippen LogP contribution in [0.15, 0.2) is 0 Å². The minimum Gasteiger partial charge on any atom is -0.391 e. The van der Waals surface area contributed by atoms with Gasteiger partial charge in [-0.3, -0.25) is 4.55 Å². The lowest BCUT2D eigenvalue weighted by molar-refractivity contribution is -0.235. The lowest BCUT2D eigenvalue weighted by Gasteiger charge is -2.23. The second-order valence-electron chi connectivity index (χ2n) is 2.23. The Labute approximate surface area is 75.9 Å². The van der Waals surface area contributed by atoms with E-state index in [1.54, 1.807) is 0 Å². The first-order chi connectivity index (χ1) is 5.83. The number of hydrogen-bond acceptors (Lipinski definition) is 6. The first-order valence-electron chi connectivity index (χ1n) is 3.42. The molecular weight excluding hydrogens is 204 g/mol. The van der Waals surface area contributed by atoms with E-state index in [0.717, 1.165) is 0 Å². The summed E-state index contributed by atoms with van der Waals surface area (Å²) < 4.78 is 36.7. The average Bonchev–Trinajstić information content (AvgIpc) is 2.01. The van der Waals surface area contributed by atoms with Gasteiger partial charge in [0.05, 0.1) is 6.61 Å². The molecular formula is C5H12O7S. The summed E-state index contributed by atoms with van der Waals surface area (Å²) in [4.78, 5) is 0. The number of aliphatic hydroxyl groups is 2. The van der Waals surface area contributed by atoms with Crippen LogP contribution in [0.3, 0.4) is 0 Å². The van der Waals surface area contributed by atoms with E-state index in [4.69, 9.17) is 9.66 Å². The minimum absolute atomic E-state index is 0.0614. The van der Waals surface area contributed by atoms with Crippen molar-refractivity contribution >= 4 is 10.4 Å². The summed E-state index contributed by atoms with van der Waals surface area (Å²) in [6, 6.07) is 0. The summed E-state index contributed by atoms with van der Waals surface area (Å²) in [5.74, 6) is -2.11. The molecule has 8 heteroatoms. The molecule has 0 fully saturated rings. The third kappa shape index (κ3) is 5.91. The van der Waals surface area contributed by atoms with Gasteiger partial charge in [-0.1, -0.05) is 0 Å². The highest BCUT2D eigenvalue weighted by molar-refractivity contribution is 7.80. The van der Waals surface area contributed by atoms with Crippen LogP contribution in [0.1, 0.15) is 6.92 Å². The Balaban J connectivity index is 4.13. The van der Waals surface area contributed by atoms with E-state index < -0.39 is 29.4 Å². The van der Waals surface area contributed by atoms with E-state index in [9.17, 15) is 13.5 Å². The van der Waals surface area contributed by atoms with Gasteiger partial charge in [0.2, 0.25) is 5.79 Å². The smallest absolute Gasteiger partial charge is 0.391 e. The molecule has 0 saturated heterocycles. The maximum atomic E-state index is 10.1. The van der Waals surface area contributed by atoms with Gasteiger partial charge in [0.1, 0.15) is 6.61 Å². The van der Waals surface area contributed by atoms with Gasteiger partial charge in [0.15, 0.2) is 0 Å². The molecule has 0 heterocycles. The molecule has 0 spiro atoms. The SMILES string of the molecule is CCOC(O)(CO)COS(=O)(=O)O. The lowest BCUT2D eigenvalue weighted by atomic mass is 10.3. The second kappa shape index (κ2) is 4.84. The third-order valence-corrected chi connectivity index (χ3v) is 1.51. The van der Waals surface area contributed by atoms with Crippen molar-refractivity contribution in [3.05, 3.63) is 0 Å². The highest BCUT2D eigenvalue weighted by Crippen LogP contribution is 2.07. The van der Waals surface area contributed by atoms with Crippen LogP contribution in [0.4, 0.5) is 0 Å². The third-order valence-electron chi connectivity index (χ3n) is 1.09. The molecule has 0 aliphatic carbocycles. The summed E-state index contributed by atoms with van der Waals surface area (Å²) in [6.45, 7) is -0.105. The highest BCUT2D eigenvalue weighted by atomic mass is 32.3. The summed E-state index contributed by atoms with van der Waals surface area (Å²) in [5, 5.41) is 17.8.